The summed E-state index contributed by atoms with van der Waals surface area (Å²) in [4.78, 5) is 63.5. The zero-order valence-electron chi connectivity index (χ0n) is 32.4. The van der Waals surface area contributed by atoms with Crippen LogP contribution in [0, 0.1) is 5.92 Å². The van der Waals surface area contributed by atoms with Crippen LogP contribution in [0.1, 0.15) is 127 Å². The highest BCUT2D eigenvalue weighted by Crippen LogP contribution is 2.52. The van der Waals surface area contributed by atoms with E-state index in [2.05, 4.69) is 21.4 Å². The number of nitrogens with one attached hydrogen (secondary N) is 3. The molecule has 5 atom stereocenters. The van der Waals surface area contributed by atoms with Gasteiger partial charge in [0, 0.05) is 29.2 Å². The molecule has 9 rings (SSSR count). The minimum atomic E-state index is -3.98. The van der Waals surface area contributed by atoms with Crippen LogP contribution >= 0.6 is 0 Å². The largest absolute Gasteiger partial charge is 0.483 e. The number of hydrogen-bond acceptors (Lipinski definition) is 9. The molecule has 5 fully saturated rings. The maximum absolute atomic E-state index is 14.9. The molecule has 13 nitrogen and oxygen atoms in total. The van der Waals surface area contributed by atoms with Crippen LogP contribution in [0.3, 0.4) is 0 Å². The number of ether oxygens (including phenoxy) is 2. The lowest BCUT2D eigenvalue weighted by atomic mass is 9.82. The number of para-hydroxylation sites is 1. The standard InChI is InChI=1S/C42H53N5O8S/c1-39(18-10-19-39)55-38(51)44-31-14-7-5-3-4-6-11-27-23-42(27,37(50)46-56(52,53)40(2)21-22-40)45-35(48)32-24-41(25-47(32)36(31)49)20-17-29-28-12-8-9-13-30(28)43-33(26-15-16-26)34(29)54-41/h6,8-9,11-13,26-27,31-32H,3-5,7,10,14-25H2,1-2H3,(H,44,51)(H,45,48)(H,46,50)/b11-6-/t27?,31-,32-,41+,42+/m0/s1. The van der Waals surface area contributed by atoms with Crippen molar-refractivity contribution < 1.29 is 37.1 Å². The Morgan fingerprint density at radius 2 is 1.77 bits per heavy atom. The zero-order valence-corrected chi connectivity index (χ0v) is 33.2. The number of sulfonamides is 1. The number of amides is 4. The lowest BCUT2D eigenvalue weighted by Crippen LogP contribution is -2.59. The van der Waals surface area contributed by atoms with Gasteiger partial charge in [0.05, 0.1) is 22.5 Å². The molecule has 1 aromatic carbocycles. The highest BCUT2D eigenvalue weighted by Gasteiger charge is 2.64. The van der Waals surface area contributed by atoms with Crippen molar-refractivity contribution >= 4 is 44.7 Å². The van der Waals surface area contributed by atoms with Crippen LogP contribution < -0.4 is 20.1 Å². The summed E-state index contributed by atoms with van der Waals surface area (Å²) < 4.78 is 40.7. The van der Waals surface area contributed by atoms with Crippen molar-refractivity contribution in [3.05, 3.63) is 47.7 Å². The van der Waals surface area contributed by atoms with Crippen molar-refractivity contribution in [1.82, 2.24) is 25.2 Å². The summed E-state index contributed by atoms with van der Waals surface area (Å²) in [5.41, 5.74) is -0.0653. The van der Waals surface area contributed by atoms with E-state index in [1.807, 2.05) is 37.3 Å². The summed E-state index contributed by atoms with van der Waals surface area (Å²) in [6.45, 7) is 3.61. The molecule has 0 bridgehead atoms. The molecule has 1 unspecified atom stereocenters. The van der Waals surface area contributed by atoms with E-state index in [9.17, 15) is 27.6 Å². The first-order valence-corrected chi connectivity index (χ1v) is 22.2. The van der Waals surface area contributed by atoms with Crippen LogP contribution in [-0.2, 0) is 35.6 Å². The zero-order chi connectivity index (χ0) is 39.1. The predicted octanol–water partition coefficient (Wildman–Crippen LogP) is 5.21. The molecule has 4 heterocycles. The highest BCUT2D eigenvalue weighted by atomic mass is 32.2. The molecule has 300 valence electrons. The third kappa shape index (κ3) is 6.72. The van der Waals surface area contributed by atoms with Gasteiger partial charge in [0.15, 0.2) is 0 Å². The van der Waals surface area contributed by atoms with Crippen molar-refractivity contribution in [1.29, 1.82) is 0 Å². The molecule has 4 amide bonds. The number of benzene rings is 1. The Morgan fingerprint density at radius 1 is 0.982 bits per heavy atom. The SMILES string of the molecule is CC1(OC(=O)N[C@H]2CCCCC/C=C\C3C[C@@]3(C(=O)NS(=O)(=O)C3(C)CC3)NC(=O)[C@@H]3C[C@]4(CCc5c(c(C6CC6)nc6ccccc56)O4)CN3C2=O)CCC1. The first-order chi connectivity index (χ1) is 26.7. The Morgan fingerprint density at radius 3 is 2.50 bits per heavy atom. The summed E-state index contributed by atoms with van der Waals surface area (Å²) in [7, 11) is -3.98. The number of aryl methyl sites for hydroxylation is 1. The first kappa shape index (κ1) is 37.4. The van der Waals surface area contributed by atoms with Crippen molar-refractivity contribution in [2.45, 2.75) is 156 Å². The predicted molar refractivity (Wildman–Crippen MR) is 207 cm³/mol. The molecule has 3 aliphatic heterocycles. The van der Waals surface area contributed by atoms with Crippen LogP contribution in [0.5, 0.6) is 5.75 Å². The molecule has 1 saturated heterocycles. The van der Waals surface area contributed by atoms with Crippen molar-refractivity contribution in [3.63, 3.8) is 0 Å². The van der Waals surface area contributed by atoms with Gasteiger partial charge in [0.2, 0.25) is 21.8 Å². The van der Waals surface area contributed by atoms with Gasteiger partial charge in [0.25, 0.3) is 5.91 Å². The normalized spacial score (nSPS) is 32.5. The van der Waals surface area contributed by atoms with Crippen LogP contribution in [0.15, 0.2) is 36.4 Å². The number of carbonyl (C=O) groups is 4. The van der Waals surface area contributed by atoms with E-state index < -0.39 is 73.3 Å². The molecular formula is C42H53N5O8S. The van der Waals surface area contributed by atoms with E-state index in [1.165, 1.54) is 4.90 Å². The second-order valence-corrected chi connectivity index (χ2v) is 20.4. The fourth-order valence-electron chi connectivity index (χ4n) is 9.31. The Balaban J connectivity index is 1.05. The van der Waals surface area contributed by atoms with E-state index in [4.69, 9.17) is 14.5 Å². The number of hydrogen-bond donors (Lipinski definition) is 3. The topological polar surface area (TPSA) is 173 Å². The Bertz CT molecular complexity index is 2130. The number of allylic oxidation sites excluding steroid dienone is 1. The van der Waals surface area contributed by atoms with Crippen molar-refractivity contribution in [2.75, 3.05) is 6.54 Å². The number of nitrogens with zero attached hydrogens (tertiary/aromatic N) is 2. The number of rotatable bonds is 6. The van der Waals surface area contributed by atoms with Crippen LogP contribution in [-0.4, -0.2) is 82.2 Å². The van der Waals surface area contributed by atoms with Crippen LogP contribution in [0.25, 0.3) is 10.9 Å². The molecule has 3 N–H and O–H groups in total. The van der Waals surface area contributed by atoms with Gasteiger partial charge < -0.3 is 25.0 Å². The van der Waals surface area contributed by atoms with Crippen molar-refractivity contribution in [3.8, 4) is 5.75 Å². The average molecular weight is 788 g/mol. The second kappa shape index (κ2) is 13.4. The summed E-state index contributed by atoms with van der Waals surface area (Å²) in [6.07, 6.45) is 13.6. The van der Waals surface area contributed by atoms with Gasteiger partial charge in [-0.1, -0.05) is 43.2 Å². The number of fused-ring (bicyclic) bond motifs is 5. The van der Waals surface area contributed by atoms with Gasteiger partial charge in [-0.05, 0) is 103 Å². The fourth-order valence-corrected chi connectivity index (χ4v) is 10.6. The smallest absolute Gasteiger partial charge is 0.408 e. The Labute approximate surface area is 328 Å². The third-order valence-electron chi connectivity index (χ3n) is 13.7. The quantitative estimate of drug-likeness (QED) is 0.333. The average Bonchev–Trinajstić information content (AvgIpc) is 4.09. The fraction of sp³-hybridized carbons (Fsp3) is 0.643. The van der Waals surface area contributed by atoms with Gasteiger partial charge in [-0.3, -0.25) is 19.1 Å². The van der Waals surface area contributed by atoms with Crippen molar-refractivity contribution in [2.24, 2.45) is 5.92 Å². The number of pyridine rings is 1. The highest BCUT2D eigenvalue weighted by molar-refractivity contribution is 7.91. The van der Waals surface area contributed by atoms with Gasteiger partial charge in [-0.2, -0.15) is 0 Å². The molecule has 1 aromatic heterocycles. The molecule has 4 aliphatic carbocycles. The van der Waals surface area contributed by atoms with Gasteiger partial charge in [-0.15, -0.1) is 0 Å². The van der Waals surface area contributed by atoms with E-state index in [1.54, 1.807) is 6.92 Å². The summed E-state index contributed by atoms with van der Waals surface area (Å²) in [6, 6.07) is 6.06. The maximum Gasteiger partial charge on any atom is 0.408 e. The molecule has 56 heavy (non-hydrogen) atoms. The number of carbonyl (C=O) groups excluding carboxylic acids is 4. The first-order valence-electron chi connectivity index (χ1n) is 20.7. The maximum atomic E-state index is 14.9. The number of alkyl carbamates (subject to hydrolysis) is 1. The van der Waals surface area contributed by atoms with E-state index in [0.717, 1.165) is 72.9 Å². The Hall–Kier alpha value is -4.20. The van der Waals surface area contributed by atoms with Crippen LogP contribution in [0.4, 0.5) is 4.79 Å². The lowest BCUT2D eigenvalue weighted by Gasteiger charge is -2.38. The van der Waals surface area contributed by atoms with Crippen LogP contribution in [0.2, 0.25) is 0 Å². The third-order valence-corrected chi connectivity index (χ3v) is 15.9. The molecule has 7 aliphatic rings. The summed E-state index contributed by atoms with van der Waals surface area (Å²) in [5, 5.41) is 6.90. The van der Waals surface area contributed by atoms with E-state index in [0.29, 0.717) is 44.9 Å². The second-order valence-electron chi connectivity index (χ2n) is 18.2. The molecule has 4 saturated carbocycles. The monoisotopic (exact) mass is 787 g/mol. The van der Waals surface area contributed by atoms with Gasteiger partial charge in [-0.25, -0.2) is 18.2 Å². The summed E-state index contributed by atoms with van der Waals surface area (Å²) >= 11 is 0. The summed E-state index contributed by atoms with van der Waals surface area (Å²) in [5.74, 6) is -1.11. The molecule has 0 radical (unpaired) electrons. The lowest BCUT2D eigenvalue weighted by molar-refractivity contribution is -0.141. The number of aromatic nitrogens is 1. The molecule has 14 heteroatoms. The minimum absolute atomic E-state index is 0.0977. The molecule has 1 spiro atoms. The van der Waals surface area contributed by atoms with Gasteiger partial charge >= 0.3 is 6.09 Å². The van der Waals surface area contributed by atoms with E-state index in [-0.39, 0.29) is 25.3 Å². The van der Waals surface area contributed by atoms with Gasteiger partial charge in [0.1, 0.15) is 34.6 Å². The van der Waals surface area contributed by atoms with E-state index >= 15 is 0 Å². The molecular weight excluding hydrogens is 735 g/mol. The Kier molecular flexibility index (Phi) is 8.98. The minimum Gasteiger partial charge on any atom is -0.483 e. The molecule has 2 aromatic rings.